The first-order chi connectivity index (χ1) is 15.1. The first kappa shape index (κ1) is 20.4. The maximum absolute atomic E-state index is 12.4. The fourth-order valence-electron chi connectivity index (χ4n) is 3.45. The summed E-state index contributed by atoms with van der Waals surface area (Å²) in [6.07, 6.45) is 3.41. The molecule has 2 aromatic heterocycles. The number of hydrogen-bond acceptors (Lipinski definition) is 4. The van der Waals surface area contributed by atoms with Crippen LogP contribution >= 0.6 is 0 Å². The van der Waals surface area contributed by atoms with Crippen molar-refractivity contribution in [1.82, 2.24) is 19.4 Å². The predicted molar refractivity (Wildman–Crippen MR) is 120 cm³/mol. The van der Waals surface area contributed by atoms with Crippen molar-refractivity contribution in [2.75, 3.05) is 13.2 Å². The molecule has 1 N–H and O–H groups in total. The average Bonchev–Trinajstić information content (AvgIpc) is 3.18. The number of aromatic nitrogens is 3. The van der Waals surface area contributed by atoms with Gasteiger partial charge in [0, 0.05) is 36.4 Å². The molecular formula is C24H24N4O3. The highest BCUT2D eigenvalue weighted by Gasteiger charge is 2.07. The van der Waals surface area contributed by atoms with Crippen LogP contribution in [0.1, 0.15) is 6.92 Å². The highest BCUT2D eigenvalue weighted by Crippen LogP contribution is 2.19. The highest BCUT2D eigenvalue weighted by atomic mass is 16.5. The number of carbonyl (C=O) groups is 1. The molecule has 7 heteroatoms. The molecule has 7 nitrogen and oxygen atoms in total. The van der Waals surface area contributed by atoms with Gasteiger partial charge in [0.25, 0.3) is 5.56 Å². The Labute approximate surface area is 179 Å². The standard InChI is InChI=1S/C24H24N4O3/c1-2-31-20-9-7-18(8-10-20)21-15-24(30)28(17-26-21)14-12-25-23(29)16-27-13-11-19-5-3-4-6-22(19)27/h3-11,13,15,17H,2,12,14,16H2,1H3,(H,25,29). The summed E-state index contributed by atoms with van der Waals surface area (Å²) in [6.45, 7) is 3.47. The molecule has 0 radical (unpaired) electrons. The van der Waals surface area contributed by atoms with E-state index in [2.05, 4.69) is 10.3 Å². The molecule has 0 aliphatic carbocycles. The summed E-state index contributed by atoms with van der Waals surface area (Å²) in [5, 5.41) is 3.96. The second-order valence-corrected chi connectivity index (χ2v) is 7.12. The van der Waals surface area contributed by atoms with E-state index in [1.807, 2.05) is 72.3 Å². The second-order valence-electron chi connectivity index (χ2n) is 7.12. The Kier molecular flexibility index (Phi) is 6.12. The smallest absolute Gasteiger partial charge is 0.253 e. The number of nitrogens with zero attached hydrogens (tertiary/aromatic N) is 3. The zero-order chi connectivity index (χ0) is 21.6. The number of benzene rings is 2. The minimum Gasteiger partial charge on any atom is -0.494 e. The maximum Gasteiger partial charge on any atom is 0.253 e. The van der Waals surface area contributed by atoms with Crippen molar-refractivity contribution in [3.63, 3.8) is 0 Å². The lowest BCUT2D eigenvalue weighted by Crippen LogP contribution is -2.32. The number of amides is 1. The molecule has 0 aliphatic rings. The second kappa shape index (κ2) is 9.30. The van der Waals surface area contributed by atoms with E-state index in [0.29, 0.717) is 25.4 Å². The Hall–Kier alpha value is -3.87. The van der Waals surface area contributed by atoms with E-state index < -0.39 is 0 Å². The van der Waals surface area contributed by atoms with Crippen LogP contribution in [0.4, 0.5) is 0 Å². The van der Waals surface area contributed by atoms with Crippen LogP contribution in [0.2, 0.25) is 0 Å². The van der Waals surface area contributed by atoms with Crippen LogP contribution in [-0.4, -0.2) is 33.2 Å². The Morgan fingerprint density at radius 3 is 2.65 bits per heavy atom. The number of hydrogen-bond donors (Lipinski definition) is 1. The quantitative estimate of drug-likeness (QED) is 0.479. The van der Waals surface area contributed by atoms with E-state index in [1.165, 1.54) is 17.0 Å². The molecule has 0 atom stereocenters. The Morgan fingerprint density at radius 1 is 1.06 bits per heavy atom. The van der Waals surface area contributed by atoms with Crippen molar-refractivity contribution in [2.24, 2.45) is 0 Å². The van der Waals surface area contributed by atoms with Crippen molar-refractivity contribution < 1.29 is 9.53 Å². The summed E-state index contributed by atoms with van der Waals surface area (Å²) >= 11 is 0. The van der Waals surface area contributed by atoms with E-state index in [9.17, 15) is 9.59 Å². The van der Waals surface area contributed by atoms with Crippen molar-refractivity contribution in [2.45, 2.75) is 20.0 Å². The molecule has 0 spiro atoms. The lowest BCUT2D eigenvalue weighted by molar-refractivity contribution is -0.121. The summed E-state index contributed by atoms with van der Waals surface area (Å²) in [7, 11) is 0. The van der Waals surface area contributed by atoms with Gasteiger partial charge in [0.15, 0.2) is 0 Å². The monoisotopic (exact) mass is 416 g/mol. The first-order valence-electron chi connectivity index (χ1n) is 10.2. The van der Waals surface area contributed by atoms with Gasteiger partial charge in [0.2, 0.25) is 5.91 Å². The van der Waals surface area contributed by atoms with Crippen LogP contribution < -0.4 is 15.6 Å². The predicted octanol–water partition coefficient (Wildman–Crippen LogP) is 3.08. The number of nitrogens with one attached hydrogen (secondary N) is 1. The summed E-state index contributed by atoms with van der Waals surface area (Å²) < 4.78 is 8.83. The Balaban J connectivity index is 1.33. The van der Waals surface area contributed by atoms with Crippen molar-refractivity contribution >= 4 is 16.8 Å². The van der Waals surface area contributed by atoms with E-state index in [4.69, 9.17) is 4.74 Å². The number of carbonyl (C=O) groups excluding carboxylic acids is 1. The topological polar surface area (TPSA) is 78.1 Å². The first-order valence-corrected chi connectivity index (χ1v) is 10.2. The largest absolute Gasteiger partial charge is 0.494 e. The number of rotatable bonds is 8. The number of fused-ring (bicyclic) bond motifs is 1. The third kappa shape index (κ3) is 4.83. The van der Waals surface area contributed by atoms with Gasteiger partial charge in [-0.05, 0) is 48.7 Å². The van der Waals surface area contributed by atoms with E-state index in [1.54, 1.807) is 0 Å². The fraction of sp³-hybridized carbons (Fsp3) is 0.208. The van der Waals surface area contributed by atoms with Crippen LogP contribution in [0, 0.1) is 0 Å². The normalized spacial score (nSPS) is 10.9. The Bertz CT molecular complexity index is 1240. The molecule has 158 valence electrons. The lowest BCUT2D eigenvalue weighted by atomic mass is 10.1. The van der Waals surface area contributed by atoms with Crippen LogP contribution in [0.5, 0.6) is 5.75 Å². The maximum atomic E-state index is 12.4. The zero-order valence-electron chi connectivity index (χ0n) is 17.3. The van der Waals surface area contributed by atoms with E-state index in [0.717, 1.165) is 22.2 Å². The molecule has 4 rings (SSSR count). The Morgan fingerprint density at radius 2 is 1.87 bits per heavy atom. The molecule has 2 aromatic carbocycles. The zero-order valence-corrected chi connectivity index (χ0v) is 17.3. The van der Waals surface area contributed by atoms with Crippen LogP contribution in [0.3, 0.4) is 0 Å². The van der Waals surface area contributed by atoms with Gasteiger partial charge in [-0.2, -0.15) is 0 Å². The minimum absolute atomic E-state index is 0.103. The summed E-state index contributed by atoms with van der Waals surface area (Å²) in [6, 6.07) is 18.9. The molecule has 4 aromatic rings. The third-order valence-corrected chi connectivity index (χ3v) is 5.01. The summed E-state index contributed by atoms with van der Waals surface area (Å²) in [5.41, 5.74) is 2.31. The fourth-order valence-corrected chi connectivity index (χ4v) is 3.45. The van der Waals surface area contributed by atoms with Crippen LogP contribution in [0.25, 0.3) is 22.2 Å². The molecule has 1 amide bonds. The van der Waals surface area contributed by atoms with Gasteiger partial charge in [-0.1, -0.05) is 18.2 Å². The van der Waals surface area contributed by atoms with Crippen LogP contribution in [0.15, 0.2) is 78.0 Å². The molecule has 2 heterocycles. The van der Waals surface area contributed by atoms with Gasteiger partial charge in [-0.15, -0.1) is 0 Å². The van der Waals surface area contributed by atoms with Gasteiger partial charge in [-0.25, -0.2) is 4.98 Å². The minimum atomic E-state index is -0.162. The van der Waals surface area contributed by atoms with Crippen LogP contribution in [-0.2, 0) is 17.9 Å². The molecule has 0 bridgehead atoms. The molecule has 0 saturated carbocycles. The molecule has 0 saturated heterocycles. The van der Waals surface area contributed by atoms with Crippen molar-refractivity contribution in [3.05, 3.63) is 83.5 Å². The molecule has 0 unspecified atom stereocenters. The average molecular weight is 416 g/mol. The lowest BCUT2D eigenvalue weighted by Gasteiger charge is -2.10. The van der Waals surface area contributed by atoms with Gasteiger partial charge in [0.1, 0.15) is 12.3 Å². The SMILES string of the molecule is CCOc1ccc(-c2cc(=O)n(CCNC(=O)Cn3ccc4ccccc43)cn2)cc1. The third-order valence-electron chi connectivity index (χ3n) is 5.01. The molecule has 31 heavy (non-hydrogen) atoms. The number of para-hydroxylation sites is 1. The van der Waals surface area contributed by atoms with Gasteiger partial charge in [-0.3, -0.25) is 14.2 Å². The van der Waals surface area contributed by atoms with Gasteiger partial charge < -0.3 is 14.6 Å². The number of ether oxygens (including phenoxy) is 1. The summed E-state index contributed by atoms with van der Waals surface area (Å²) in [4.78, 5) is 29.1. The highest BCUT2D eigenvalue weighted by molar-refractivity contribution is 5.83. The van der Waals surface area contributed by atoms with E-state index >= 15 is 0 Å². The van der Waals surface area contributed by atoms with Gasteiger partial charge >= 0.3 is 0 Å². The molecule has 0 fully saturated rings. The van der Waals surface area contributed by atoms with Crippen molar-refractivity contribution in [1.29, 1.82) is 0 Å². The van der Waals surface area contributed by atoms with Crippen molar-refractivity contribution in [3.8, 4) is 17.0 Å². The summed E-state index contributed by atoms with van der Waals surface area (Å²) in [5.74, 6) is 0.677. The molecular weight excluding hydrogens is 392 g/mol. The van der Waals surface area contributed by atoms with Gasteiger partial charge in [0.05, 0.1) is 18.6 Å². The van der Waals surface area contributed by atoms with E-state index in [-0.39, 0.29) is 18.0 Å². The molecule has 0 aliphatic heterocycles.